The molecule has 3 aromatic heterocycles. The van der Waals surface area contributed by atoms with E-state index in [1.165, 1.54) is 16.5 Å². The molecule has 67 heavy (non-hydrogen) atoms. The molecule has 0 radical (unpaired) electrons. The Morgan fingerprint density at radius 2 is 0.687 bits per heavy atom. The van der Waals surface area contributed by atoms with E-state index in [0.29, 0.717) is 5.82 Å². The van der Waals surface area contributed by atoms with Crippen molar-refractivity contribution in [1.82, 2.24) is 19.6 Å². The lowest BCUT2D eigenvalue weighted by molar-refractivity contribution is 0.981. The van der Waals surface area contributed by atoms with Crippen LogP contribution in [0.15, 0.2) is 255 Å². The van der Waals surface area contributed by atoms with Crippen LogP contribution in [0, 0.1) is 0 Å². The summed E-state index contributed by atoms with van der Waals surface area (Å²) in [5, 5.41) is 7.87. The molecule has 0 unspecified atom stereocenters. The molecule has 0 aliphatic heterocycles. The summed E-state index contributed by atoms with van der Waals surface area (Å²) in [6.07, 6.45) is 0. The molecule has 0 aliphatic carbocycles. The maximum Gasteiger partial charge on any atom is 0.160 e. The van der Waals surface area contributed by atoms with Crippen LogP contribution in [0.3, 0.4) is 0 Å². The van der Waals surface area contributed by atoms with Crippen molar-refractivity contribution >= 4 is 16.3 Å². The molecule has 0 atom stereocenters. The minimum absolute atomic E-state index is 0.681. The van der Waals surface area contributed by atoms with Crippen LogP contribution in [0.1, 0.15) is 0 Å². The summed E-state index contributed by atoms with van der Waals surface area (Å²) in [7, 11) is 0. The van der Waals surface area contributed by atoms with Gasteiger partial charge in [-0.2, -0.15) is 5.10 Å². The molecule has 0 bridgehead atoms. The van der Waals surface area contributed by atoms with E-state index in [-0.39, 0.29) is 0 Å². The van der Waals surface area contributed by atoms with Gasteiger partial charge in [0.1, 0.15) is 5.69 Å². The minimum atomic E-state index is 0.681. The maximum absolute atomic E-state index is 5.56. The van der Waals surface area contributed by atoms with Crippen LogP contribution in [-0.2, 0) is 0 Å². The molecule has 0 amide bonds. The third-order valence-corrected chi connectivity index (χ3v) is 12.7. The molecule has 0 spiro atoms. The highest BCUT2D eigenvalue weighted by molar-refractivity contribution is 6.15. The molecule has 0 fully saturated rings. The topological polar surface area (TPSA) is 43.1 Å². The van der Waals surface area contributed by atoms with Gasteiger partial charge in [0.15, 0.2) is 5.82 Å². The molecule has 4 nitrogen and oxygen atoms in total. The molecular weight excluding hydrogens is 813 g/mol. The van der Waals surface area contributed by atoms with Gasteiger partial charge in [-0.15, -0.1) is 0 Å². The fourth-order valence-electron chi connectivity index (χ4n) is 9.41. The molecule has 0 saturated heterocycles. The Kier molecular flexibility index (Phi) is 10.2. The monoisotopic (exact) mass is 854 g/mol. The first-order chi connectivity index (χ1) is 33.2. The highest BCUT2D eigenvalue weighted by Gasteiger charge is 2.25. The van der Waals surface area contributed by atoms with E-state index in [1.54, 1.807) is 0 Å². The third-order valence-electron chi connectivity index (χ3n) is 12.7. The SMILES string of the molecule is c1ccc(-c2ccc(-c3cc(-c4ccccc4)nc(-c4ccc(-c5cccc(-c6c(-c7ccccc7)n7nc(-c8ccccc8)c(-c8ccccc8)c7c7ccccc67)c5)cc4)n3)cc2)cc1. The van der Waals surface area contributed by atoms with Crippen molar-refractivity contribution in [2.75, 3.05) is 0 Å². The van der Waals surface area contributed by atoms with Crippen molar-refractivity contribution in [2.24, 2.45) is 0 Å². The quantitative estimate of drug-likeness (QED) is 0.145. The van der Waals surface area contributed by atoms with E-state index >= 15 is 0 Å². The summed E-state index contributed by atoms with van der Waals surface area (Å²) >= 11 is 0. The summed E-state index contributed by atoms with van der Waals surface area (Å²) in [5.74, 6) is 0.681. The van der Waals surface area contributed by atoms with Crippen LogP contribution >= 0.6 is 0 Å². The number of aromatic nitrogens is 4. The molecule has 9 aromatic carbocycles. The lowest BCUT2D eigenvalue weighted by atomic mass is 9.90. The normalized spacial score (nSPS) is 11.3. The Morgan fingerprint density at radius 3 is 1.30 bits per heavy atom. The maximum atomic E-state index is 5.56. The van der Waals surface area contributed by atoms with Gasteiger partial charge >= 0.3 is 0 Å². The van der Waals surface area contributed by atoms with Crippen molar-refractivity contribution in [3.63, 3.8) is 0 Å². The van der Waals surface area contributed by atoms with E-state index in [1.807, 2.05) is 12.1 Å². The number of benzene rings is 9. The fraction of sp³-hybridized carbons (Fsp3) is 0. The average Bonchev–Trinajstić information content (AvgIpc) is 3.83. The van der Waals surface area contributed by atoms with Crippen LogP contribution in [0.4, 0.5) is 0 Å². The Bertz CT molecular complexity index is 3680. The zero-order valence-electron chi connectivity index (χ0n) is 36.5. The van der Waals surface area contributed by atoms with Gasteiger partial charge in [-0.1, -0.05) is 243 Å². The van der Waals surface area contributed by atoms with E-state index in [9.17, 15) is 0 Å². The molecular formula is C63H42N4. The van der Waals surface area contributed by atoms with Crippen LogP contribution in [0.2, 0.25) is 0 Å². The van der Waals surface area contributed by atoms with Gasteiger partial charge in [-0.05, 0) is 50.9 Å². The Hall–Kier alpha value is -8.99. The molecule has 3 heterocycles. The number of rotatable bonds is 9. The second-order valence-corrected chi connectivity index (χ2v) is 16.8. The molecule has 314 valence electrons. The predicted octanol–water partition coefficient (Wildman–Crippen LogP) is 16.3. The van der Waals surface area contributed by atoms with Gasteiger partial charge in [0.05, 0.1) is 22.6 Å². The predicted molar refractivity (Wildman–Crippen MR) is 277 cm³/mol. The number of fused-ring (bicyclic) bond motifs is 3. The molecule has 0 N–H and O–H groups in total. The third kappa shape index (κ3) is 7.47. The van der Waals surface area contributed by atoms with E-state index < -0.39 is 0 Å². The van der Waals surface area contributed by atoms with Crippen LogP contribution in [0.25, 0.3) is 117 Å². The Morgan fingerprint density at radius 1 is 0.269 bits per heavy atom. The van der Waals surface area contributed by atoms with Crippen LogP contribution in [0.5, 0.6) is 0 Å². The number of hydrogen-bond donors (Lipinski definition) is 0. The van der Waals surface area contributed by atoms with Gasteiger partial charge in [0.2, 0.25) is 0 Å². The van der Waals surface area contributed by atoms with Crippen LogP contribution < -0.4 is 0 Å². The van der Waals surface area contributed by atoms with Gasteiger partial charge in [-0.3, -0.25) is 0 Å². The summed E-state index contributed by atoms with van der Waals surface area (Å²) < 4.78 is 2.20. The molecule has 12 aromatic rings. The van der Waals surface area contributed by atoms with Crippen molar-refractivity contribution in [3.05, 3.63) is 255 Å². The van der Waals surface area contributed by atoms with E-state index in [0.717, 1.165) is 94.9 Å². The van der Waals surface area contributed by atoms with Crippen molar-refractivity contribution in [1.29, 1.82) is 0 Å². The number of pyridine rings is 1. The number of nitrogens with zero attached hydrogens (tertiary/aromatic N) is 4. The van der Waals surface area contributed by atoms with Gasteiger partial charge in [-0.25, -0.2) is 14.5 Å². The largest absolute Gasteiger partial charge is 0.231 e. The summed E-state index contributed by atoms with van der Waals surface area (Å²) in [6, 6.07) is 89.8. The Balaban J connectivity index is 0.984. The van der Waals surface area contributed by atoms with Gasteiger partial charge in [0.25, 0.3) is 0 Å². The zero-order chi connectivity index (χ0) is 44.5. The lowest BCUT2D eigenvalue weighted by Crippen LogP contribution is -2.00. The summed E-state index contributed by atoms with van der Waals surface area (Å²) in [6.45, 7) is 0. The molecule has 0 saturated carbocycles. The van der Waals surface area contributed by atoms with Crippen molar-refractivity contribution in [3.8, 4) is 101 Å². The highest BCUT2D eigenvalue weighted by atomic mass is 15.2. The van der Waals surface area contributed by atoms with Crippen molar-refractivity contribution < 1.29 is 0 Å². The zero-order valence-corrected chi connectivity index (χ0v) is 36.5. The van der Waals surface area contributed by atoms with Gasteiger partial charge < -0.3 is 0 Å². The smallest absolute Gasteiger partial charge is 0.160 e. The first-order valence-electron chi connectivity index (χ1n) is 22.7. The van der Waals surface area contributed by atoms with Crippen molar-refractivity contribution in [2.45, 2.75) is 0 Å². The first kappa shape index (κ1) is 39.6. The second kappa shape index (κ2) is 17.2. The standard InChI is InChI=1S/C63H42N4/c1-6-19-43(20-7-1)44-33-37-47(38-34-44)57-42-56(46-21-8-2-9-22-46)64-63(65-57)51-39-35-45(36-40-51)52-29-18-30-53(41-52)58-54-31-16-17-32-55(54)62-59(48-23-10-3-11-24-48)60(49-25-12-4-13-26-49)66-67(62)61(58)50-27-14-5-15-28-50/h1-42H. The fourth-order valence-corrected chi connectivity index (χ4v) is 9.41. The van der Waals surface area contributed by atoms with Crippen LogP contribution in [-0.4, -0.2) is 19.6 Å². The molecule has 4 heteroatoms. The highest BCUT2D eigenvalue weighted by Crippen LogP contribution is 2.46. The molecule has 0 aliphatic rings. The first-order valence-corrected chi connectivity index (χ1v) is 22.7. The average molecular weight is 855 g/mol. The lowest BCUT2D eigenvalue weighted by Gasteiger charge is -2.18. The number of hydrogen-bond acceptors (Lipinski definition) is 3. The molecule has 12 rings (SSSR count). The second-order valence-electron chi connectivity index (χ2n) is 16.8. The van der Waals surface area contributed by atoms with E-state index in [2.05, 4.69) is 247 Å². The van der Waals surface area contributed by atoms with Gasteiger partial charge in [0, 0.05) is 44.3 Å². The van der Waals surface area contributed by atoms with E-state index in [4.69, 9.17) is 15.1 Å². The Labute approximate surface area is 389 Å². The summed E-state index contributed by atoms with van der Waals surface area (Å²) in [4.78, 5) is 10.3. The minimum Gasteiger partial charge on any atom is -0.231 e. The summed E-state index contributed by atoms with van der Waals surface area (Å²) in [5.41, 5.74) is 19.1.